The van der Waals surface area contributed by atoms with Crippen molar-refractivity contribution in [2.24, 2.45) is 5.92 Å². The summed E-state index contributed by atoms with van der Waals surface area (Å²) in [5, 5.41) is 5.86. The number of likely N-dealkylation sites (tertiary alicyclic amines) is 1. The molecule has 1 aliphatic heterocycles. The Labute approximate surface area is 173 Å². The van der Waals surface area contributed by atoms with E-state index in [1.54, 1.807) is 12.3 Å². The van der Waals surface area contributed by atoms with Crippen LogP contribution in [0.5, 0.6) is 0 Å². The predicted octanol–water partition coefficient (Wildman–Crippen LogP) is 3.75. The molecule has 148 valence electrons. The highest BCUT2D eigenvalue weighted by Crippen LogP contribution is 2.20. The molecule has 3 rings (SSSR count). The SMILES string of the molecule is Cc1ccc(C)c(NC(=O)CN2CCCC(C(=O)Nc3ccc(Br)cn3)C2)c1. The van der Waals surface area contributed by atoms with Gasteiger partial charge in [0, 0.05) is 22.9 Å². The van der Waals surface area contributed by atoms with Gasteiger partial charge in [0.25, 0.3) is 0 Å². The van der Waals surface area contributed by atoms with E-state index < -0.39 is 0 Å². The largest absolute Gasteiger partial charge is 0.325 e. The summed E-state index contributed by atoms with van der Waals surface area (Å²) in [6.45, 7) is 5.66. The van der Waals surface area contributed by atoms with Crippen molar-refractivity contribution in [1.82, 2.24) is 9.88 Å². The zero-order valence-corrected chi connectivity index (χ0v) is 17.8. The van der Waals surface area contributed by atoms with Crippen LogP contribution < -0.4 is 10.6 Å². The van der Waals surface area contributed by atoms with E-state index in [4.69, 9.17) is 0 Å². The van der Waals surface area contributed by atoms with E-state index in [9.17, 15) is 9.59 Å². The molecule has 2 heterocycles. The van der Waals surface area contributed by atoms with Crippen molar-refractivity contribution < 1.29 is 9.59 Å². The Balaban J connectivity index is 1.54. The fourth-order valence-corrected chi connectivity index (χ4v) is 3.59. The van der Waals surface area contributed by atoms with Gasteiger partial charge in [0.15, 0.2) is 0 Å². The van der Waals surface area contributed by atoms with Crippen molar-refractivity contribution in [2.45, 2.75) is 26.7 Å². The van der Waals surface area contributed by atoms with Crippen molar-refractivity contribution in [2.75, 3.05) is 30.3 Å². The van der Waals surface area contributed by atoms with Gasteiger partial charge in [-0.1, -0.05) is 12.1 Å². The van der Waals surface area contributed by atoms with Crippen LogP contribution in [-0.4, -0.2) is 41.3 Å². The summed E-state index contributed by atoms with van der Waals surface area (Å²) < 4.78 is 0.865. The summed E-state index contributed by atoms with van der Waals surface area (Å²) in [6, 6.07) is 9.61. The lowest BCUT2D eigenvalue weighted by Crippen LogP contribution is -2.44. The lowest BCUT2D eigenvalue weighted by Gasteiger charge is -2.31. The number of rotatable bonds is 5. The average molecular weight is 445 g/mol. The number of nitrogens with one attached hydrogen (secondary N) is 2. The highest BCUT2D eigenvalue weighted by Gasteiger charge is 2.27. The molecule has 1 atom stereocenters. The summed E-state index contributed by atoms with van der Waals surface area (Å²) >= 11 is 3.33. The molecule has 0 saturated carbocycles. The van der Waals surface area contributed by atoms with Crippen molar-refractivity contribution in [1.29, 1.82) is 0 Å². The number of hydrogen-bond acceptors (Lipinski definition) is 4. The molecule has 0 radical (unpaired) electrons. The normalized spacial score (nSPS) is 17.2. The fourth-order valence-electron chi connectivity index (χ4n) is 3.35. The van der Waals surface area contributed by atoms with Gasteiger partial charge in [0.05, 0.1) is 12.5 Å². The average Bonchev–Trinajstić information content (AvgIpc) is 2.66. The van der Waals surface area contributed by atoms with E-state index in [0.717, 1.165) is 40.7 Å². The number of hydrogen-bond donors (Lipinski definition) is 2. The van der Waals surface area contributed by atoms with Crippen LogP contribution in [0.25, 0.3) is 0 Å². The fraction of sp³-hybridized carbons (Fsp3) is 0.381. The second kappa shape index (κ2) is 9.30. The summed E-state index contributed by atoms with van der Waals surface area (Å²) in [5.74, 6) is 0.296. The molecule has 1 unspecified atom stereocenters. The van der Waals surface area contributed by atoms with Crippen molar-refractivity contribution in [3.63, 3.8) is 0 Å². The van der Waals surface area contributed by atoms with Crippen molar-refractivity contribution in [3.8, 4) is 0 Å². The number of amides is 2. The molecule has 6 nitrogen and oxygen atoms in total. The molecule has 1 saturated heterocycles. The van der Waals surface area contributed by atoms with Gasteiger partial charge in [0.2, 0.25) is 11.8 Å². The Hall–Kier alpha value is -2.25. The first-order valence-electron chi connectivity index (χ1n) is 9.42. The number of benzene rings is 1. The number of halogens is 1. The number of carbonyl (C=O) groups excluding carboxylic acids is 2. The van der Waals surface area contributed by atoms with Gasteiger partial charge in [-0.15, -0.1) is 0 Å². The predicted molar refractivity (Wildman–Crippen MR) is 114 cm³/mol. The van der Waals surface area contributed by atoms with Crippen molar-refractivity contribution in [3.05, 3.63) is 52.1 Å². The standard InChI is InChI=1S/C21H25BrN4O2/c1-14-5-6-15(2)18(10-14)24-20(27)13-26-9-3-4-16(12-26)21(28)25-19-8-7-17(22)11-23-19/h5-8,10-11,16H,3-4,9,12-13H2,1-2H3,(H,24,27)(H,23,25,28). The first-order chi connectivity index (χ1) is 13.4. The monoisotopic (exact) mass is 444 g/mol. The van der Waals surface area contributed by atoms with Gasteiger partial charge >= 0.3 is 0 Å². The molecule has 2 N–H and O–H groups in total. The third-order valence-electron chi connectivity index (χ3n) is 4.89. The second-order valence-corrected chi connectivity index (χ2v) is 8.21. The molecule has 1 aromatic carbocycles. The van der Waals surface area contributed by atoms with E-state index in [1.807, 2.05) is 43.0 Å². The molecule has 1 aliphatic rings. The van der Waals surface area contributed by atoms with Crippen LogP contribution in [0.2, 0.25) is 0 Å². The first-order valence-corrected chi connectivity index (χ1v) is 10.2. The summed E-state index contributed by atoms with van der Waals surface area (Å²) in [5.41, 5.74) is 2.99. The van der Waals surface area contributed by atoms with E-state index in [1.165, 1.54) is 0 Å². The maximum Gasteiger partial charge on any atom is 0.238 e. The van der Waals surface area contributed by atoms with Crippen molar-refractivity contribution >= 4 is 39.2 Å². The number of nitrogens with zero attached hydrogens (tertiary/aromatic N) is 2. The quantitative estimate of drug-likeness (QED) is 0.736. The smallest absolute Gasteiger partial charge is 0.238 e. The number of pyridine rings is 1. The van der Waals surface area contributed by atoms with Crippen LogP contribution >= 0.6 is 15.9 Å². The van der Waals surface area contributed by atoms with E-state index in [-0.39, 0.29) is 24.3 Å². The maximum atomic E-state index is 12.6. The Bertz CT molecular complexity index is 854. The molecule has 0 spiro atoms. The Kier molecular flexibility index (Phi) is 6.80. The zero-order valence-electron chi connectivity index (χ0n) is 16.2. The van der Waals surface area contributed by atoms with Gasteiger partial charge in [-0.25, -0.2) is 4.98 Å². The summed E-state index contributed by atoms with van der Waals surface area (Å²) in [6.07, 6.45) is 3.36. The Morgan fingerprint density at radius 3 is 2.79 bits per heavy atom. The third-order valence-corrected chi connectivity index (χ3v) is 5.36. The Morgan fingerprint density at radius 1 is 1.21 bits per heavy atom. The van der Waals surface area contributed by atoms with Crippen LogP contribution in [0.1, 0.15) is 24.0 Å². The van der Waals surface area contributed by atoms with E-state index >= 15 is 0 Å². The Morgan fingerprint density at radius 2 is 2.04 bits per heavy atom. The minimum absolute atomic E-state index is 0.0468. The molecule has 1 aromatic heterocycles. The van der Waals surface area contributed by atoms with Gasteiger partial charge in [-0.2, -0.15) is 0 Å². The molecule has 2 amide bonds. The third kappa shape index (κ3) is 5.62. The van der Waals surface area contributed by atoms with Crippen LogP contribution in [-0.2, 0) is 9.59 Å². The van der Waals surface area contributed by atoms with Crippen LogP contribution in [0.15, 0.2) is 41.0 Å². The van der Waals surface area contributed by atoms with E-state index in [2.05, 4.69) is 31.5 Å². The molecule has 28 heavy (non-hydrogen) atoms. The lowest BCUT2D eigenvalue weighted by molar-refractivity contribution is -0.123. The maximum absolute atomic E-state index is 12.6. The van der Waals surface area contributed by atoms with Crippen LogP contribution in [0, 0.1) is 19.8 Å². The van der Waals surface area contributed by atoms with Crippen LogP contribution in [0.4, 0.5) is 11.5 Å². The van der Waals surface area contributed by atoms with Crippen LogP contribution in [0.3, 0.4) is 0 Å². The van der Waals surface area contributed by atoms with Gasteiger partial charge < -0.3 is 10.6 Å². The minimum atomic E-state index is -0.146. The molecule has 0 bridgehead atoms. The minimum Gasteiger partial charge on any atom is -0.325 e. The number of aryl methyl sites for hydroxylation is 2. The molecular weight excluding hydrogens is 420 g/mol. The second-order valence-electron chi connectivity index (χ2n) is 7.29. The highest BCUT2D eigenvalue weighted by atomic mass is 79.9. The number of carbonyl (C=O) groups is 2. The molecule has 7 heteroatoms. The molecule has 1 fully saturated rings. The number of aromatic nitrogens is 1. The van der Waals surface area contributed by atoms with Gasteiger partial charge in [0.1, 0.15) is 5.82 Å². The number of piperidine rings is 1. The van der Waals surface area contributed by atoms with Gasteiger partial charge in [-0.3, -0.25) is 14.5 Å². The topological polar surface area (TPSA) is 74.3 Å². The molecule has 0 aliphatic carbocycles. The molecular formula is C21H25BrN4O2. The van der Waals surface area contributed by atoms with Gasteiger partial charge in [-0.05, 0) is 78.5 Å². The summed E-state index contributed by atoms with van der Waals surface area (Å²) in [4.78, 5) is 31.3. The lowest BCUT2D eigenvalue weighted by atomic mass is 9.97. The highest BCUT2D eigenvalue weighted by molar-refractivity contribution is 9.10. The summed E-state index contributed by atoms with van der Waals surface area (Å²) in [7, 11) is 0. The first kappa shape index (κ1) is 20.5. The zero-order chi connectivity index (χ0) is 20.1. The molecule has 2 aromatic rings. The number of anilines is 2. The van der Waals surface area contributed by atoms with E-state index in [0.29, 0.717) is 12.4 Å².